The fourth-order valence-corrected chi connectivity index (χ4v) is 4.02. The Labute approximate surface area is 170 Å². The van der Waals surface area contributed by atoms with E-state index in [1.807, 2.05) is 0 Å². The first kappa shape index (κ1) is 25.4. The molecule has 0 aliphatic carbocycles. The summed E-state index contributed by atoms with van der Waals surface area (Å²) in [5, 5.41) is 0. The van der Waals surface area contributed by atoms with Gasteiger partial charge in [0, 0.05) is 6.42 Å². The molecule has 0 bridgehead atoms. The topological polar surface area (TPSA) is 82.1 Å². The number of rotatable bonds is 17. The molecule has 2 atom stereocenters. The molecule has 0 aromatic carbocycles. The molecule has 1 N–H and O–H groups in total. The largest absolute Gasteiger partial charge is 0.472 e. The highest BCUT2D eigenvalue weighted by Gasteiger charge is 2.35. The maximum absolute atomic E-state index is 11.6. The fourth-order valence-electron chi connectivity index (χ4n) is 3.10. The van der Waals surface area contributed by atoms with Gasteiger partial charge in [-0.05, 0) is 32.1 Å². The van der Waals surface area contributed by atoms with Gasteiger partial charge in [-0.15, -0.1) is 0 Å². The maximum Gasteiger partial charge on any atom is 0.472 e. The smallest absolute Gasteiger partial charge is 0.463 e. The van der Waals surface area contributed by atoms with Crippen LogP contribution in [0.5, 0.6) is 0 Å². The van der Waals surface area contributed by atoms with Crippen LogP contribution in [0.4, 0.5) is 0 Å². The van der Waals surface area contributed by atoms with E-state index in [2.05, 4.69) is 23.6 Å². The van der Waals surface area contributed by atoms with Crippen molar-refractivity contribution in [3.05, 3.63) is 12.2 Å². The number of carbonyl (C=O) groups excluding carboxylic acids is 1. The maximum atomic E-state index is 11.6. The van der Waals surface area contributed by atoms with Gasteiger partial charge < -0.3 is 9.63 Å². The standard InChI is InChI=1S/C21H39O6P/c1-2-3-4-5-6-7-8-9-10-11-12-13-14-15-16-17-21(22)25-18-20-19-26-28(23,24)27-20/h7-8,20H,2-6,9-19H2,1H3,(H,23,24). The minimum absolute atomic E-state index is 0.0180. The highest BCUT2D eigenvalue weighted by molar-refractivity contribution is 7.47. The second kappa shape index (κ2) is 16.2. The zero-order chi connectivity index (χ0) is 20.5. The van der Waals surface area contributed by atoms with Gasteiger partial charge in [-0.25, -0.2) is 4.57 Å². The summed E-state index contributed by atoms with van der Waals surface area (Å²) in [6.07, 6.45) is 20.2. The summed E-state index contributed by atoms with van der Waals surface area (Å²) in [5.74, 6) is -0.287. The molecule has 0 amide bonds. The van der Waals surface area contributed by atoms with Gasteiger partial charge in [0.05, 0.1) is 6.61 Å². The van der Waals surface area contributed by atoms with Crippen LogP contribution >= 0.6 is 7.82 Å². The molecule has 1 rings (SSSR count). The Bertz CT molecular complexity index is 480. The van der Waals surface area contributed by atoms with E-state index in [1.165, 1.54) is 64.2 Å². The number of ether oxygens (including phenoxy) is 1. The van der Waals surface area contributed by atoms with E-state index in [0.29, 0.717) is 6.42 Å². The number of phosphoric acid groups is 1. The van der Waals surface area contributed by atoms with Crippen LogP contribution in [0.2, 0.25) is 0 Å². The van der Waals surface area contributed by atoms with Crippen molar-refractivity contribution in [3.63, 3.8) is 0 Å². The number of hydrogen-bond donors (Lipinski definition) is 1. The van der Waals surface area contributed by atoms with Crippen LogP contribution in [0.1, 0.15) is 96.8 Å². The Balaban J connectivity index is 1.80. The molecule has 1 saturated heterocycles. The molecule has 1 aliphatic rings. The van der Waals surface area contributed by atoms with Gasteiger partial charge in [-0.1, -0.05) is 70.4 Å². The van der Waals surface area contributed by atoms with Gasteiger partial charge in [0.25, 0.3) is 0 Å². The number of esters is 1. The number of unbranched alkanes of at least 4 members (excludes halogenated alkanes) is 11. The lowest BCUT2D eigenvalue weighted by Crippen LogP contribution is -2.20. The summed E-state index contributed by atoms with van der Waals surface area (Å²) in [4.78, 5) is 20.7. The number of carbonyl (C=O) groups is 1. The third kappa shape index (κ3) is 14.3. The van der Waals surface area contributed by atoms with Gasteiger partial charge in [0.15, 0.2) is 0 Å². The fraction of sp³-hybridized carbons (Fsp3) is 0.857. The van der Waals surface area contributed by atoms with E-state index in [0.717, 1.165) is 19.3 Å². The molecule has 1 aliphatic heterocycles. The highest BCUT2D eigenvalue weighted by Crippen LogP contribution is 2.49. The van der Waals surface area contributed by atoms with Crippen molar-refractivity contribution < 1.29 is 28.0 Å². The van der Waals surface area contributed by atoms with Gasteiger partial charge in [0.2, 0.25) is 0 Å². The minimum atomic E-state index is -3.91. The first-order chi connectivity index (χ1) is 13.5. The molecular weight excluding hydrogens is 379 g/mol. The van der Waals surface area contributed by atoms with Crippen LogP contribution in [0.3, 0.4) is 0 Å². The Morgan fingerprint density at radius 1 is 1.00 bits per heavy atom. The third-order valence-corrected chi connectivity index (χ3v) is 5.82. The molecule has 1 heterocycles. The third-order valence-electron chi connectivity index (χ3n) is 4.78. The second-order valence-electron chi connectivity index (χ2n) is 7.51. The van der Waals surface area contributed by atoms with E-state index in [1.54, 1.807) is 0 Å². The van der Waals surface area contributed by atoms with E-state index >= 15 is 0 Å². The van der Waals surface area contributed by atoms with E-state index in [4.69, 9.17) is 14.2 Å². The lowest BCUT2D eigenvalue weighted by Gasteiger charge is -2.08. The molecule has 0 aromatic rings. The summed E-state index contributed by atoms with van der Waals surface area (Å²) in [6, 6.07) is 0. The first-order valence-electron chi connectivity index (χ1n) is 11.0. The van der Waals surface area contributed by atoms with E-state index < -0.39 is 13.9 Å². The summed E-state index contributed by atoms with van der Waals surface area (Å²) in [7, 11) is -3.91. The van der Waals surface area contributed by atoms with Crippen molar-refractivity contribution in [2.45, 2.75) is 103 Å². The van der Waals surface area contributed by atoms with Gasteiger partial charge in [-0.3, -0.25) is 13.8 Å². The SMILES string of the molecule is CCCCCCC=CCCCCCCCCCC(=O)OCC1COP(=O)(O)O1. The van der Waals surface area contributed by atoms with Gasteiger partial charge >= 0.3 is 13.8 Å². The van der Waals surface area contributed by atoms with Gasteiger partial charge in [0.1, 0.15) is 12.7 Å². The van der Waals surface area contributed by atoms with Crippen molar-refractivity contribution in [2.24, 2.45) is 0 Å². The average molecular weight is 419 g/mol. The first-order valence-corrected chi connectivity index (χ1v) is 12.5. The lowest BCUT2D eigenvalue weighted by atomic mass is 10.1. The second-order valence-corrected chi connectivity index (χ2v) is 8.92. The molecule has 0 spiro atoms. The van der Waals surface area contributed by atoms with Crippen molar-refractivity contribution in [1.29, 1.82) is 0 Å². The van der Waals surface area contributed by atoms with Crippen LogP contribution in [-0.2, 0) is 23.1 Å². The van der Waals surface area contributed by atoms with E-state index in [9.17, 15) is 9.36 Å². The quantitative estimate of drug-likeness (QED) is 0.133. The lowest BCUT2D eigenvalue weighted by molar-refractivity contribution is -0.146. The van der Waals surface area contributed by atoms with Crippen LogP contribution < -0.4 is 0 Å². The zero-order valence-electron chi connectivity index (χ0n) is 17.5. The predicted molar refractivity (Wildman–Crippen MR) is 111 cm³/mol. The summed E-state index contributed by atoms with van der Waals surface area (Å²) in [5.41, 5.74) is 0. The van der Waals surface area contributed by atoms with Crippen LogP contribution in [0.25, 0.3) is 0 Å². The predicted octanol–water partition coefficient (Wildman–Crippen LogP) is 6.08. The molecule has 28 heavy (non-hydrogen) atoms. The normalized spacial score (nSPS) is 22.1. The summed E-state index contributed by atoms with van der Waals surface area (Å²) < 4.78 is 25.4. The molecule has 6 nitrogen and oxygen atoms in total. The summed E-state index contributed by atoms with van der Waals surface area (Å²) in [6.45, 7) is 2.19. The zero-order valence-corrected chi connectivity index (χ0v) is 18.4. The number of allylic oxidation sites excluding steroid dienone is 2. The van der Waals surface area contributed by atoms with Crippen LogP contribution in [0, 0.1) is 0 Å². The Morgan fingerprint density at radius 3 is 2.14 bits per heavy atom. The highest BCUT2D eigenvalue weighted by atomic mass is 31.2. The van der Waals surface area contributed by atoms with Crippen molar-refractivity contribution >= 4 is 13.8 Å². The van der Waals surface area contributed by atoms with Crippen molar-refractivity contribution in [2.75, 3.05) is 13.2 Å². The number of phosphoric ester groups is 1. The average Bonchev–Trinajstić information content (AvgIpc) is 3.02. The molecular formula is C21H39O6P. The molecule has 0 aromatic heterocycles. The molecule has 0 radical (unpaired) electrons. The Morgan fingerprint density at radius 2 is 1.57 bits per heavy atom. The van der Waals surface area contributed by atoms with Crippen LogP contribution in [0.15, 0.2) is 12.2 Å². The number of hydrogen-bond acceptors (Lipinski definition) is 5. The molecule has 2 unspecified atom stereocenters. The monoisotopic (exact) mass is 418 g/mol. The Hall–Kier alpha value is -0.680. The van der Waals surface area contributed by atoms with E-state index in [-0.39, 0.29) is 19.2 Å². The summed E-state index contributed by atoms with van der Waals surface area (Å²) >= 11 is 0. The van der Waals surface area contributed by atoms with Crippen LogP contribution in [-0.4, -0.2) is 30.2 Å². The molecule has 1 fully saturated rings. The molecule has 7 heteroatoms. The molecule has 0 saturated carbocycles. The molecule has 164 valence electrons. The van der Waals surface area contributed by atoms with Gasteiger partial charge in [-0.2, -0.15) is 0 Å². The van der Waals surface area contributed by atoms with Crippen molar-refractivity contribution in [1.82, 2.24) is 0 Å². The minimum Gasteiger partial charge on any atom is -0.463 e. The Kier molecular flexibility index (Phi) is 14.6. The van der Waals surface area contributed by atoms with Crippen molar-refractivity contribution in [3.8, 4) is 0 Å².